The van der Waals surface area contributed by atoms with Crippen LogP contribution in [-0.2, 0) is 16.0 Å². The van der Waals surface area contributed by atoms with E-state index >= 15 is 0 Å². The number of hydrogen-bond acceptors (Lipinski definition) is 2. The molecule has 1 aliphatic heterocycles. The molecule has 0 spiro atoms. The van der Waals surface area contributed by atoms with Crippen molar-refractivity contribution in [3.8, 4) is 0 Å². The number of carbonyl (C=O) groups is 2. The van der Waals surface area contributed by atoms with E-state index < -0.39 is 0 Å². The van der Waals surface area contributed by atoms with Crippen molar-refractivity contribution in [1.82, 2.24) is 4.90 Å². The van der Waals surface area contributed by atoms with Crippen molar-refractivity contribution in [2.24, 2.45) is 5.92 Å². The normalized spacial score (nSPS) is 22.9. The van der Waals surface area contributed by atoms with E-state index in [-0.39, 0.29) is 18.2 Å². The number of nitrogens with one attached hydrogen (secondary N) is 1. The van der Waals surface area contributed by atoms with Crippen molar-refractivity contribution in [2.75, 3.05) is 11.9 Å². The van der Waals surface area contributed by atoms with Gasteiger partial charge in [0.15, 0.2) is 0 Å². The number of benzene rings is 1. The molecule has 1 aromatic rings. The summed E-state index contributed by atoms with van der Waals surface area (Å²) in [6, 6.07) is 8.31. The zero-order chi connectivity index (χ0) is 15.5. The Morgan fingerprint density at radius 1 is 1.27 bits per heavy atom. The predicted molar refractivity (Wildman–Crippen MR) is 86.5 cm³/mol. The molecule has 2 bridgehead atoms. The third-order valence-electron chi connectivity index (χ3n) is 4.91. The summed E-state index contributed by atoms with van der Waals surface area (Å²) in [6.07, 6.45) is 5.11. The van der Waals surface area contributed by atoms with Gasteiger partial charge in [-0.3, -0.25) is 9.59 Å². The second-order valence-electron chi connectivity index (χ2n) is 6.48. The molecule has 1 saturated heterocycles. The Labute approximate surface area is 131 Å². The van der Waals surface area contributed by atoms with E-state index in [1.165, 1.54) is 18.4 Å². The molecule has 1 N–H and O–H groups in total. The topological polar surface area (TPSA) is 49.4 Å². The van der Waals surface area contributed by atoms with Crippen molar-refractivity contribution in [2.45, 2.75) is 51.5 Å². The molecule has 2 aliphatic rings. The van der Waals surface area contributed by atoms with Gasteiger partial charge in [-0.2, -0.15) is 0 Å². The van der Waals surface area contributed by atoms with Gasteiger partial charge in [-0.05, 0) is 49.3 Å². The molecule has 4 nitrogen and oxygen atoms in total. The van der Waals surface area contributed by atoms with Crippen LogP contribution >= 0.6 is 0 Å². The van der Waals surface area contributed by atoms with Crippen LogP contribution in [0, 0.1) is 5.92 Å². The van der Waals surface area contributed by atoms with Gasteiger partial charge in [-0.1, -0.05) is 19.1 Å². The van der Waals surface area contributed by atoms with Crippen molar-refractivity contribution in [3.05, 3.63) is 29.8 Å². The van der Waals surface area contributed by atoms with Crippen molar-refractivity contribution >= 4 is 17.5 Å². The highest BCUT2D eigenvalue weighted by Crippen LogP contribution is 2.37. The van der Waals surface area contributed by atoms with Crippen LogP contribution in [-0.4, -0.2) is 29.3 Å². The number of nitrogens with zero attached hydrogens (tertiary/aromatic N) is 1. The van der Waals surface area contributed by atoms with E-state index in [1.54, 1.807) is 0 Å². The summed E-state index contributed by atoms with van der Waals surface area (Å²) in [7, 11) is 0. The minimum atomic E-state index is -0.0778. The first-order chi connectivity index (χ1) is 10.7. The summed E-state index contributed by atoms with van der Waals surface area (Å²) in [4.78, 5) is 26.2. The lowest BCUT2D eigenvalue weighted by Crippen LogP contribution is -2.37. The van der Waals surface area contributed by atoms with Gasteiger partial charge in [-0.15, -0.1) is 0 Å². The highest BCUT2D eigenvalue weighted by molar-refractivity contribution is 5.93. The van der Waals surface area contributed by atoms with E-state index in [4.69, 9.17) is 0 Å². The van der Waals surface area contributed by atoms with Crippen LogP contribution in [0.3, 0.4) is 0 Å². The van der Waals surface area contributed by atoms with Crippen LogP contribution in [0.4, 0.5) is 5.69 Å². The number of anilines is 1. The Kier molecular flexibility index (Phi) is 4.46. The summed E-state index contributed by atoms with van der Waals surface area (Å²) in [5.74, 6) is 0.773. The van der Waals surface area contributed by atoms with Crippen molar-refractivity contribution in [1.29, 1.82) is 0 Å². The number of amides is 2. The average Bonchev–Trinajstić information content (AvgIpc) is 3.16. The predicted octanol–water partition coefficient (Wildman–Crippen LogP) is 2.98. The Morgan fingerprint density at radius 2 is 2.14 bits per heavy atom. The van der Waals surface area contributed by atoms with Crippen LogP contribution in [0.25, 0.3) is 0 Å². The third-order valence-corrected chi connectivity index (χ3v) is 4.91. The molecule has 2 amide bonds. The largest absolute Gasteiger partial charge is 0.339 e. The Bertz CT molecular complexity index is 570. The first kappa shape index (κ1) is 15.1. The number of carbonyl (C=O) groups excluding carboxylic acids is 2. The summed E-state index contributed by atoms with van der Waals surface area (Å²) < 4.78 is 0. The Balaban J connectivity index is 1.46. The zero-order valence-corrected chi connectivity index (χ0v) is 13.2. The van der Waals surface area contributed by atoms with Gasteiger partial charge >= 0.3 is 0 Å². The quantitative estimate of drug-likeness (QED) is 0.909. The molecular formula is C18H24N2O2. The fourth-order valence-electron chi connectivity index (χ4n) is 3.69. The molecule has 2 fully saturated rings. The number of likely N-dealkylation sites (tertiary alicyclic amines) is 1. The maximum atomic E-state index is 12.2. The lowest BCUT2D eigenvalue weighted by molar-refractivity contribution is -0.134. The number of fused-ring (bicyclic) bond motifs is 2. The summed E-state index contributed by atoms with van der Waals surface area (Å²) in [5, 5.41) is 2.89. The lowest BCUT2D eigenvalue weighted by Gasteiger charge is -2.26. The first-order valence-corrected chi connectivity index (χ1v) is 8.34. The van der Waals surface area contributed by atoms with Gasteiger partial charge in [0.2, 0.25) is 11.8 Å². The molecule has 4 heteroatoms. The van der Waals surface area contributed by atoms with Crippen molar-refractivity contribution in [3.63, 3.8) is 0 Å². The molecule has 0 radical (unpaired) electrons. The maximum Gasteiger partial charge on any atom is 0.224 e. The summed E-state index contributed by atoms with van der Waals surface area (Å²) in [5.41, 5.74) is 2.01. The van der Waals surface area contributed by atoms with Gasteiger partial charge < -0.3 is 10.2 Å². The fourth-order valence-corrected chi connectivity index (χ4v) is 3.69. The van der Waals surface area contributed by atoms with Gasteiger partial charge in [0.25, 0.3) is 0 Å². The monoisotopic (exact) mass is 300 g/mol. The SMILES string of the molecule is CCc1cccc(NC(=O)CCC(=O)N2C[C@H]3CC[C@H]2C3)c1. The molecule has 0 unspecified atom stereocenters. The molecule has 3 rings (SSSR count). The lowest BCUT2D eigenvalue weighted by atomic mass is 10.1. The molecule has 2 atom stereocenters. The van der Waals surface area contributed by atoms with Gasteiger partial charge in [-0.25, -0.2) is 0 Å². The highest BCUT2D eigenvalue weighted by Gasteiger charge is 2.39. The smallest absolute Gasteiger partial charge is 0.224 e. The number of aryl methyl sites for hydroxylation is 1. The molecule has 22 heavy (non-hydrogen) atoms. The first-order valence-electron chi connectivity index (χ1n) is 8.34. The van der Waals surface area contributed by atoms with E-state index in [9.17, 15) is 9.59 Å². The van der Waals surface area contributed by atoms with Crippen molar-refractivity contribution < 1.29 is 9.59 Å². The molecule has 1 aliphatic carbocycles. The molecule has 0 aromatic heterocycles. The number of hydrogen-bond donors (Lipinski definition) is 1. The maximum absolute atomic E-state index is 12.2. The molecule has 1 saturated carbocycles. The fraction of sp³-hybridized carbons (Fsp3) is 0.556. The van der Waals surface area contributed by atoms with E-state index in [0.717, 1.165) is 25.1 Å². The minimum Gasteiger partial charge on any atom is -0.339 e. The van der Waals surface area contributed by atoms with E-state index in [2.05, 4.69) is 12.2 Å². The Morgan fingerprint density at radius 3 is 2.82 bits per heavy atom. The number of piperidine rings is 1. The standard InChI is InChI=1S/C18H24N2O2/c1-2-13-4-3-5-15(10-13)19-17(21)8-9-18(22)20-12-14-6-7-16(20)11-14/h3-5,10,14,16H,2,6-9,11-12H2,1H3,(H,19,21)/t14-,16-/m0/s1. The van der Waals surface area contributed by atoms with Gasteiger partial charge in [0.1, 0.15) is 0 Å². The summed E-state index contributed by atoms with van der Waals surface area (Å²) >= 11 is 0. The van der Waals surface area contributed by atoms with Crippen LogP contribution in [0.5, 0.6) is 0 Å². The number of rotatable bonds is 5. The van der Waals surface area contributed by atoms with Crippen LogP contribution in [0.1, 0.15) is 44.6 Å². The molecule has 118 valence electrons. The zero-order valence-electron chi connectivity index (χ0n) is 13.2. The second kappa shape index (κ2) is 6.51. The minimum absolute atomic E-state index is 0.0778. The van der Waals surface area contributed by atoms with E-state index in [1.807, 2.05) is 29.2 Å². The van der Waals surface area contributed by atoms with Crippen LogP contribution in [0.2, 0.25) is 0 Å². The second-order valence-corrected chi connectivity index (χ2v) is 6.48. The molecular weight excluding hydrogens is 276 g/mol. The third kappa shape index (κ3) is 3.32. The Hall–Kier alpha value is -1.84. The molecule has 1 heterocycles. The summed E-state index contributed by atoms with van der Waals surface area (Å²) in [6.45, 7) is 2.99. The van der Waals surface area contributed by atoms with Gasteiger partial charge in [0, 0.05) is 31.1 Å². The van der Waals surface area contributed by atoms with Gasteiger partial charge in [0.05, 0.1) is 0 Å². The molecule has 1 aromatic carbocycles. The highest BCUT2D eigenvalue weighted by atomic mass is 16.2. The van der Waals surface area contributed by atoms with E-state index in [0.29, 0.717) is 18.4 Å². The average molecular weight is 300 g/mol. The van der Waals surface area contributed by atoms with Crippen LogP contribution < -0.4 is 5.32 Å². The van der Waals surface area contributed by atoms with Crippen LogP contribution in [0.15, 0.2) is 24.3 Å².